The molecule has 0 amide bonds. The lowest BCUT2D eigenvalue weighted by atomic mass is 10.00. The van der Waals surface area contributed by atoms with Gasteiger partial charge in [0.05, 0.1) is 30.1 Å². The summed E-state index contributed by atoms with van der Waals surface area (Å²) in [7, 11) is 1.58. The minimum atomic E-state index is -3.12. The Morgan fingerprint density at radius 1 is 1.29 bits per heavy atom. The Hall–Kier alpha value is -3.21. The number of hydrogen-bond acceptors (Lipinski definition) is 7. The molecule has 0 bridgehead atoms. The second-order valence-corrected chi connectivity index (χ2v) is 10.8. The molecule has 3 aromatic rings. The molecule has 3 aliphatic rings. The number of aryl methyl sites for hydroxylation is 1. The number of pyridine rings is 1. The molecule has 0 spiro atoms. The molecule has 4 heterocycles. The van der Waals surface area contributed by atoms with Crippen LogP contribution in [0.1, 0.15) is 25.7 Å². The van der Waals surface area contributed by atoms with Crippen LogP contribution in [0.2, 0.25) is 5.02 Å². The number of aromatic nitrogens is 3. The highest BCUT2D eigenvalue weighted by atomic mass is 35.5. The van der Waals surface area contributed by atoms with Crippen molar-refractivity contribution < 1.29 is 17.9 Å². The predicted molar refractivity (Wildman–Crippen MR) is 141 cm³/mol. The fourth-order valence-electron chi connectivity index (χ4n) is 5.39. The van der Waals surface area contributed by atoms with Crippen molar-refractivity contribution in [3.63, 3.8) is 0 Å². The summed E-state index contributed by atoms with van der Waals surface area (Å²) < 4.78 is 49.9. The zero-order valence-electron chi connectivity index (χ0n) is 20.8. The van der Waals surface area contributed by atoms with E-state index in [0.29, 0.717) is 52.8 Å². The molecule has 2 aliphatic heterocycles. The minimum absolute atomic E-state index is 0.0524. The number of fused-ring (bicyclic) bond motifs is 3. The molecule has 202 valence electrons. The number of piperidine rings is 1. The number of alkyl halides is 3. The van der Waals surface area contributed by atoms with E-state index in [9.17, 15) is 18.0 Å². The Labute approximate surface area is 222 Å². The van der Waals surface area contributed by atoms with Gasteiger partial charge in [-0.3, -0.25) is 9.18 Å². The van der Waals surface area contributed by atoms with E-state index in [0.717, 1.165) is 19.4 Å². The summed E-state index contributed by atoms with van der Waals surface area (Å²) in [6.45, 7) is 0.0225. The molecule has 2 atom stereocenters. The Balaban J connectivity index is 1.37. The van der Waals surface area contributed by atoms with Gasteiger partial charge in [0, 0.05) is 37.1 Å². The molecule has 12 heteroatoms. The highest BCUT2D eigenvalue weighted by Gasteiger charge is 2.51. The first-order valence-electron chi connectivity index (χ1n) is 12.8. The van der Waals surface area contributed by atoms with E-state index in [1.54, 1.807) is 25.2 Å². The quantitative estimate of drug-likeness (QED) is 0.457. The lowest BCUT2D eigenvalue weighted by molar-refractivity contribution is -0.0579. The maximum absolute atomic E-state index is 14.9. The molecule has 8 nitrogen and oxygen atoms in total. The van der Waals surface area contributed by atoms with E-state index in [-0.39, 0.29) is 29.9 Å². The number of halogens is 4. The van der Waals surface area contributed by atoms with Crippen LogP contribution in [0.5, 0.6) is 5.75 Å². The standard InChI is InChI=1S/C26H28ClF3N6O2/c1-35-19-7-6-16(32-23-18(27)11-31-25(34-23)36-8-2-3-14(10-28)12-36)9-17(19)20-21(24(35)37)38-13-26(29,30)22(33-20)15-4-5-15/h6-7,9,11,14-15,22,33H,2-5,8,10,12-13H2,1H3,(H,31,32,34)/t14?,22-/m0/s1. The number of hydrogen-bond donors (Lipinski definition) is 2. The summed E-state index contributed by atoms with van der Waals surface area (Å²) in [4.78, 5) is 23.9. The van der Waals surface area contributed by atoms with E-state index in [4.69, 9.17) is 16.3 Å². The zero-order valence-corrected chi connectivity index (χ0v) is 21.6. The van der Waals surface area contributed by atoms with E-state index in [1.165, 1.54) is 10.8 Å². The van der Waals surface area contributed by atoms with Crippen LogP contribution in [0.25, 0.3) is 10.9 Å². The van der Waals surface area contributed by atoms with Gasteiger partial charge in [-0.1, -0.05) is 11.6 Å². The summed E-state index contributed by atoms with van der Waals surface area (Å²) in [5, 5.41) is 7.03. The van der Waals surface area contributed by atoms with Crippen molar-refractivity contribution in [1.29, 1.82) is 0 Å². The molecule has 1 saturated carbocycles. The minimum Gasteiger partial charge on any atom is -0.480 e. The molecular weight excluding hydrogens is 521 g/mol. The highest BCUT2D eigenvalue weighted by molar-refractivity contribution is 6.32. The van der Waals surface area contributed by atoms with Crippen LogP contribution in [0.3, 0.4) is 0 Å². The maximum atomic E-state index is 14.9. The molecule has 1 aromatic carbocycles. The van der Waals surface area contributed by atoms with Crippen molar-refractivity contribution in [1.82, 2.24) is 14.5 Å². The van der Waals surface area contributed by atoms with Gasteiger partial charge in [-0.25, -0.2) is 13.8 Å². The van der Waals surface area contributed by atoms with E-state index >= 15 is 0 Å². The van der Waals surface area contributed by atoms with Gasteiger partial charge in [-0.05, 0) is 49.8 Å². The number of rotatable bonds is 5. The first-order valence-corrected chi connectivity index (χ1v) is 13.2. The molecule has 2 fully saturated rings. The van der Waals surface area contributed by atoms with Gasteiger partial charge in [-0.2, -0.15) is 4.98 Å². The van der Waals surface area contributed by atoms with Crippen molar-refractivity contribution in [2.75, 3.05) is 41.9 Å². The van der Waals surface area contributed by atoms with Gasteiger partial charge >= 0.3 is 5.92 Å². The SMILES string of the molecule is Cn1c(=O)c2c(c3cc(Nc4nc(N5CCCC(CF)C5)ncc4Cl)ccc31)N[C@@H](C1CC1)C(F)(F)CO2. The fourth-order valence-corrected chi connectivity index (χ4v) is 5.53. The number of ether oxygens (including phenoxy) is 1. The van der Waals surface area contributed by atoms with Crippen LogP contribution in [0.4, 0.5) is 36.3 Å². The summed E-state index contributed by atoms with van der Waals surface area (Å²) >= 11 is 6.41. The van der Waals surface area contributed by atoms with Gasteiger partial charge < -0.3 is 24.8 Å². The van der Waals surface area contributed by atoms with Crippen LogP contribution in [-0.4, -0.2) is 52.9 Å². The monoisotopic (exact) mass is 548 g/mol. The predicted octanol–water partition coefficient (Wildman–Crippen LogP) is 5.13. The van der Waals surface area contributed by atoms with Crippen molar-refractivity contribution >= 4 is 45.6 Å². The number of benzene rings is 1. The third-order valence-corrected chi connectivity index (χ3v) is 7.90. The average Bonchev–Trinajstić information content (AvgIpc) is 3.76. The molecular formula is C26H28ClF3N6O2. The summed E-state index contributed by atoms with van der Waals surface area (Å²) in [5.41, 5.74) is 0.937. The van der Waals surface area contributed by atoms with Crippen LogP contribution < -0.4 is 25.8 Å². The molecule has 1 saturated heterocycles. The van der Waals surface area contributed by atoms with Gasteiger partial charge in [0.2, 0.25) is 11.7 Å². The molecule has 1 aliphatic carbocycles. The number of nitrogens with zero attached hydrogens (tertiary/aromatic N) is 4. The number of anilines is 4. The van der Waals surface area contributed by atoms with Crippen molar-refractivity contribution in [3.8, 4) is 5.75 Å². The van der Waals surface area contributed by atoms with Gasteiger partial charge in [0.1, 0.15) is 5.02 Å². The van der Waals surface area contributed by atoms with Crippen LogP contribution in [0, 0.1) is 11.8 Å². The Morgan fingerprint density at radius 2 is 2.11 bits per heavy atom. The number of nitrogens with one attached hydrogen (secondary N) is 2. The fraction of sp³-hybridized carbons (Fsp3) is 0.500. The summed E-state index contributed by atoms with van der Waals surface area (Å²) in [6, 6.07) is 4.14. The lowest BCUT2D eigenvalue weighted by Crippen LogP contribution is -2.44. The van der Waals surface area contributed by atoms with E-state index in [1.807, 2.05) is 4.90 Å². The Kier molecular flexibility index (Phi) is 6.28. The molecule has 1 unspecified atom stereocenters. The molecule has 6 rings (SSSR count). The lowest BCUT2D eigenvalue weighted by Gasteiger charge is -2.31. The second kappa shape index (κ2) is 9.52. The normalized spacial score (nSPS) is 22.8. The molecule has 0 radical (unpaired) electrons. The van der Waals surface area contributed by atoms with Crippen molar-refractivity contribution in [2.45, 2.75) is 37.6 Å². The van der Waals surface area contributed by atoms with Crippen molar-refractivity contribution in [2.24, 2.45) is 18.9 Å². The van der Waals surface area contributed by atoms with Gasteiger partial charge in [0.15, 0.2) is 12.4 Å². The smallest absolute Gasteiger partial charge is 0.301 e. The summed E-state index contributed by atoms with van der Waals surface area (Å²) in [6.07, 6.45) is 4.60. The zero-order chi connectivity index (χ0) is 26.6. The average molecular weight is 549 g/mol. The topological polar surface area (TPSA) is 84.3 Å². The molecule has 2 N–H and O–H groups in total. The van der Waals surface area contributed by atoms with Gasteiger partial charge in [-0.15, -0.1) is 0 Å². The van der Waals surface area contributed by atoms with Crippen LogP contribution in [0.15, 0.2) is 29.2 Å². The highest BCUT2D eigenvalue weighted by Crippen LogP contribution is 2.45. The molecule has 2 aromatic heterocycles. The summed E-state index contributed by atoms with van der Waals surface area (Å²) in [5.74, 6) is -2.64. The maximum Gasteiger partial charge on any atom is 0.301 e. The third-order valence-electron chi connectivity index (χ3n) is 7.62. The Morgan fingerprint density at radius 3 is 2.87 bits per heavy atom. The first-order chi connectivity index (χ1) is 18.2. The van der Waals surface area contributed by atoms with Crippen LogP contribution in [-0.2, 0) is 7.05 Å². The third kappa shape index (κ3) is 4.50. The Bertz CT molecular complexity index is 1450. The van der Waals surface area contributed by atoms with E-state index in [2.05, 4.69) is 20.6 Å². The second-order valence-electron chi connectivity index (χ2n) is 10.4. The first kappa shape index (κ1) is 25.1. The largest absolute Gasteiger partial charge is 0.480 e. The van der Waals surface area contributed by atoms with Gasteiger partial charge in [0.25, 0.3) is 5.56 Å². The van der Waals surface area contributed by atoms with E-state index < -0.39 is 24.1 Å². The van der Waals surface area contributed by atoms with Crippen molar-refractivity contribution in [3.05, 3.63) is 39.8 Å². The van der Waals surface area contributed by atoms with Crippen LogP contribution >= 0.6 is 11.6 Å². The molecule has 38 heavy (non-hydrogen) atoms.